The molecule has 1 amide bonds. The first-order chi connectivity index (χ1) is 9.74. The molecule has 0 fully saturated rings. The van der Waals surface area contributed by atoms with Crippen molar-refractivity contribution in [1.82, 2.24) is 5.32 Å². The summed E-state index contributed by atoms with van der Waals surface area (Å²) in [6.45, 7) is 3.66. The van der Waals surface area contributed by atoms with Crippen molar-refractivity contribution >= 4 is 5.91 Å². The van der Waals surface area contributed by atoms with E-state index in [1.165, 1.54) is 24.3 Å². The van der Waals surface area contributed by atoms with Gasteiger partial charge in [0.05, 0.1) is 0 Å². The van der Waals surface area contributed by atoms with E-state index in [2.05, 4.69) is 10.1 Å². The average Bonchev–Trinajstić information content (AvgIpc) is 2.37. The van der Waals surface area contributed by atoms with Crippen molar-refractivity contribution in [3.8, 4) is 5.75 Å². The van der Waals surface area contributed by atoms with Crippen molar-refractivity contribution in [2.75, 3.05) is 6.54 Å². The summed E-state index contributed by atoms with van der Waals surface area (Å²) in [6, 6.07) is 5.53. The first-order valence-electron chi connectivity index (χ1n) is 6.80. The third kappa shape index (κ3) is 5.67. The van der Waals surface area contributed by atoms with Gasteiger partial charge in [-0.15, -0.1) is 0 Å². The lowest BCUT2D eigenvalue weighted by molar-refractivity contribution is -0.0498. The van der Waals surface area contributed by atoms with Gasteiger partial charge in [-0.25, -0.2) is 0 Å². The fourth-order valence-electron chi connectivity index (χ4n) is 1.92. The maximum Gasteiger partial charge on any atom is 0.387 e. The molecule has 1 atom stereocenters. The van der Waals surface area contributed by atoms with Crippen LogP contribution in [0.3, 0.4) is 0 Å². The van der Waals surface area contributed by atoms with Crippen LogP contribution >= 0.6 is 0 Å². The van der Waals surface area contributed by atoms with E-state index in [0.717, 1.165) is 0 Å². The van der Waals surface area contributed by atoms with E-state index in [9.17, 15) is 13.6 Å². The molecule has 0 saturated carbocycles. The number of amides is 1. The molecule has 0 saturated heterocycles. The van der Waals surface area contributed by atoms with E-state index in [4.69, 9.17) is 5.73 Å². The van der Waals surface area contributed by atoms with Crippen LogP contribution in [-0.2, 0) is 0 Å². The van der Waals surface area contributed by atoms with E-state index < -0.39 is 6.61 Å². The van der Waals surface area contributed by atoms with Crippen LogP contribution in [0.15, 0.2) is 24.3 Å². The first-order valence-corrected chi connectivity index (χ1v) is 6.80. The summed E-state index contributed by atoms with van der Waals surface area (Å²) in [5.41, 5.74) is 5.84. The highest BCUT2D eigenvalue weighted by molar-refractivity contribution is 5.94. The van der Waals surface area contributed by atoms with E-state index in [-0.39, 0.29) is 23.1 Å². The third-order valence-electron chi connectivity index (χ3n) is 3.15. The second-order valence-corrected chi connectivity index (χ2v) is 5.87. The van der Waals surface area contributed by atoms with Gasteiger partial charge in [-0.2, -0.15) is 8.78 Å². The summed E-state index contributed by atoms with van der Waals surface area (Å²) >= 11 is 0. The maximum atomic E-state index is 12.2. The maximum absolute atomic E-state index is 12.2. The van der Waals surface area contributed by atoms with Crippen LogP contribution in [0.1, 0.15) is 37.6 Å². The SMILES string of the molecule is CC(C)(C)C(CCN)NC(=O)c1ccc(OC(F)F)cc1. The second kappa shape index (κ2) is 7.36. The molecule has 0 spiro atoms. The minimum absolute atomic E-state index is 0.0240. The highest BCUT2D eigenvalue weighted by Gasteiger charge is 2.25. The predicted molar refractivity (Wildman–Crippen MR) is 77.5 cm³/mol. The molecule has 21 heavy (non-hydrogen) atoms. The second-order valence-electron chi connectivity index (χ2n) is 5.87. The summed E-state index contributed by atoms with van der Waals surface area (Å²) in [4.78, 5) is 12.2. The average molecular weight is 300 g/mol. The summed E-state index contributed by atoms with van der Waals surface area (Å²) in [6.07, 6.45) is 0.668. The van der Waals surface area contributed by atoms with Gasteiger partial charge in [-0.05, 0) is 42.6 Å². The minimum Gasteiger partial charge on any atom is -0.435 e. The Bertz CT molecular complexity index is 456. The zero-order chi connectivity index (χ0) is 16.0. The topological polar surface area (TPSA) is 64.3 Å². The van der Waals surface area contributed by atoms with Crippen LogP contribution in [0.2, 0.25) is 0 Å². The number of nitrogens with one attached hydrogen (secondary N) is 1. The molecular weight excluding hydrogens is 278 g/mol. The Balaban J connectivity index is 2.74. The molecule has 0 aliphatic rings. The van der Waals surface area contributed by atoms with Crippen LogP contribution in [0.4, 0.5) is 8.78 Å². The van der Waals surface area contributed by atoms with Crippen LogP contribution in [0.25, 0.3) is 0 Å². The summed E-state index contributed by atoms with van der Waals surface area (Å²) in [7, 11) is 0. The lowest BCUT2D eigenvalue weighted by Gasteiger charge is -2.31. The molecule has 1 aromatic rings. The van der Waals surface area contributed by atoms with Gasteiger partial charge in [0.2, 0.25) is 0 Å². The summed E-state index contributed by atoms with van der Waals surface area (Å²) in [5, 5.41) is 2.93. The number of ether oxygens (including phenoxy) is 1. The zero-order valence-corrected chi connectivity index (χ0v) is 12.5. The van der Waals surface area contributed by atoms with Gasteiger partial charge in [0, 0.05) is 11.6 Å². The Kier molecular flexibility index (Phi) is 6.08. The Hall–Kier alpha value is -1.69. The smallest absolute Gasteiger partial charge is 0.387 e. The Morgan fingerprint density at radius 1 is 1.29 bits per heavy atom. The van der Waals surface area contributed by atoms with E-state index in [0.29, 0.717) is 18.5 Å². The first kappa shape index (κ1) is 17.4. The summed E-state index contributed by atoms with van der Waals surface area (Å²) in [5.74, 6) is -0.233. The Morgan fingerprint density at radius 2 is 1.86 bits per heavy atom. The molecule has 0 bridgehead atoms. The molecular formula is C15H22F2N2O2. The summed E-state index contributed by atoms with van der Waals surface area (Å²) < 4.78 is 28.3. The molecule has 0 aromatic heterocycles. The van der Waals surface area contributed by atoms with Gasteiger partial charge >= 0.3 is 6.61 Å². The lowest BCUT2D eigenvalue weighted by atomic mass is 9.84. The van der Waals surface area contributed by atoms with Gasteiger partial charge in [0.25, 0.3) is 5.91 Å². The van der Waals surface area contributed by atoms with Crippen molar-refractivity contribution in [1.29, 1.82) is 0 Å². The standard InChI is InChI=1S/C15H22F2N2O2/c1-15(2,3)12(8-9-18)19-13(20)10-4-6-11(7-5-10)21-14(16)17/h4-7,12,14H,8-9,18H2,1-3H3,(H,19,20). The Morgan fingerprint density at radius 3 is 2.29 bits per heavy atom. The van der Waals surface area contributed by atoms with E-state index in [1.54, 1.807) is 0 Å². The fraction of sp³-hybridized carbons (Fsp3) is 0.533. The highest BCUT2D eigenvalue weighted by Crippen LogP contribution is 2.22. The highest BCUT2D eigenvalue weighted by atomic mass is 19.3. The van der Waals surface area contributed by atoms with Gasteiger partial charge < -0.3 is 15.8 Å². The van der Waals surface area contributed by atoms with Crippen molar-refractivity contribution in [2.24, 2.45) is 11.1 Å². The van der Waals surface area contributed by atoms with Gasteiger partial charge in [0.15, 0.2) is 0 Å². The van der Waals surface area contributed by atoms with E-state index in [1.807, 2.05) is 20.8 Å². The number of halogens is 2. The molecule has 1 rings (SSSR count). The van der Waals surface area contributed by atoms with Crippen molar-refractivity contribution in [3.63, 3.8) is 0 Å². The normalized spacial score (nSPS) is 13.1. The van der Waals surface area contributed by atoms with Crippen LogP contribution < -0.4 is 15.8 Å². The molecule has 0 radical (unpaired) electrons. The third-order valence-corrected chi connectivity index (χ3v) is 3.15. The number of carbonyl (C=O) groups excluding carboxylic acids is 1. The van der Waals surface area contributed by atoms with Crippen LogP contribution in [0.5, 0.6) is 5.75 Å². The minimum atomic E-state index is -2.88. The Labute approximate surface area is 123 Å². The van der Waals surface area contributed by atoms with Crippen molar-refractivity contribution in [3.05, 3.63) is 29.8 Å². The molecule has 0 aliphatic heterocycles. The van der Waals surface area contributed by atoms with Gasteiger partial charge in [-0.1, -0.05) is 20.8 Å². The van der Waals surface area contributed by atoms with Crippen molar-refractivity contribution in [2.45, 2.75) is 39.8 Å². The van der Waals surface area contributed by atoms with Crippen LogP contribution in [0, 0.1) is 5.41 Å². The largest absolute Gasteiger partial charge is 0.435 e. The van der Waals surface area contributed by atoms with E-state index >= 15 is 0 Å². The lowest BCUT2D eigenvalue weighted by Crippen LogP contribution is -2.44. The van der Waals surface area contributed by atoms with Crippen molar-refractivity contribution < 1.29 is 18.3 Å². The number of rotatable bonds is 6. The number of benzene rings is 1. The fourth-order valence-corrected chi connectivity index (χ4v) is 1.92. The van der Waals surface area contributed by atoms with Gasteiger partial charge in [-0.3, -0.25) is 4.79 Å². The molecule has 6 heteroatoms. The van der Waals surface area contributed by atoms with Crippen LogP contribution in [-0.4, -0.2) is 25.1 Å². The molecule has 0 heterocycles. The zero-order valence-electron chi connectivity index (χ0n) is 12.5. The number of alkyl halides is 2. The molecule has 1 aromatic carbocycles. The molecule has 4 nitrogen and oxygen atoms in total. The molecule has 118 valence electrons. The monoisotopic (exact) mass is 300 g/mol. The number of hydrogen-bond donors (Lipinski definition) is 2. The number of hydrogen-bond acceptors (Lipinski definition) is 3. The van der Waals surface area contributed by atoms with Gasteiger partial charge in [0.1, 0.15) is 5.75 Å². The molecule has 3 N–H and O–H groups in total. The molecule has 1 unspecified atom stereocenters. The number of nitrogens with two attached hydrogens (primary N) is 1. The predicted octanol–water partition coefficient (Wildman–Crippen LogP) is 2.78. The quantitative estimate of drug-likeness (QED) is 0.849. The molecule has 0 aliphatic carbocycles. The number of carbonyl (C=O) groups is 1.